The Hall–Kier alpha value is -2.60. The topological polar surface area (TPSA) is 83.4 Å². The molecule has 28 heavy (non-hydrogen) atoms. The molecule has 0 aliphatic carbocycles. The van der Waals surface area contributed by atoms with Gasteiger partial charge in [-0.3, -0.25) is 9.59 Å². The average molecular weight is 381 g/mol. The Labute approximate surface area is 165 Å². The van der Waals surface area contributed by atoms with Crippen molar-refractivity contribution in [2.24, 2.45) is 11.3 Å². The fourth-order valence-electron chi connectivity index (χ4n) is 3.87. The smallest absolute Gasteiger partial charge is 0.253 e. The molecule has 6 nitrogen and oxygen atoms in total. The van der Waals surface area contributed by atoms with Crippen molar-refractivity contribution in [3.8, 4) is 0 Å². The van der Waals surface area contributed by atoms with Gasteiger partial charge in [0.15, 0.2) is 5.78 Å². The predicted molar refractivity (Wildman–Crippen MR) is 106 cm³/mol. The molecule has 0 atom stereocenters. The molecule has 0 bridgehead atoms. The van der Waals surface area contributed by atoms with Crippen LogP contribution in [0.5, 0.6) is 0 Å². The molecule has 1 N–H and O–H groups in total. The lowest BCUT2D eigenvalue weighted by Crippen LogP contribution is -2.46. The Morgan fingerprint density at radius 3 is 2.21 bits per heavy atom. The number of hydrogen-bond acceptors (Lipinski definition) is 5. The first kappa shape index (κ1) is 20.1. The van der Waals surface area contributed by atoms with E-state index in [1.54, 1.807) is 0 Å². The summed E-state index contributed by atoms with van der Waals surface area (Å²) in [5.74, 6) is 0.828. The third-order valence-corrected chi connectivity index (χ3v) is 5.97. The summed E-state index contributed by atoms with van der Waals surface area (Å²) >= 11 is 0. The summed E-state index contributed by atoms with van der Waals surface area (Å²) in [5.41, 5.74) is 1.08. The third-order valence-electron chi connectivity index (χ3n) is 5.97. The minimum Gasteiger partial charge on any atom is -0.388 e. The zero-order valence-corrected chi connectivity index (χ0v) is 16.5. The summed E-state index contributed by atoms with van der Waals surface area (Å²) in [6, 6.07) is 9.40. The number of nitrogens with zero attached hydrogens (tertiary/aromatic N) is 3. The molecule has 2 heterocycles. The molecule has 148 valence electrons. The van der Waals surface area contributed by atoms with Crippen molar-refractivity contribution < 1.29 is 14.7 Å². The Morgan fingerprint density at radius 2 is 1.68 bits per heavy atom. The van der Waals surface area contributed by atoms with Gasteiger partial charge >= 0.3 is 0 Å². The zero-order chi connectivity index (χ0) is 20.1. The van der Waals surface area contributed by atoms with E-state index < -0.39 is 6.61 Å². The molecule has 6 heteroatoms. The highest BCUT2D eigenvalue weighted by molar-refractivity contribution is 5.96. The Balaban J connectivity index is 1.69. The normalized spacial score (nSPS) is 16.2. The van der Waals surface area contributed by atoms with E-state index in [2.05, 4.69) is 23.8 Å². The SMILES string of the molecule is CC(C)C1(Cc2ncc(C(=O)CO)cn2)CCN(C(=O)c2ccccc2)CC1. The first-order valence-corrected chi connectivity index (χ1v) is 9.74. The number of Topliss-reactive ketones (excluding diaryl/α,β-unsaturated/α-hetero) is 1. The van der Waals surface area contributed by atoms with Crippen LogP contribution in [0.4, 0.5) is 0 Å². The van der Waals surface area contributed by atoms with Crippen molar-refractivity contribution in [2.45, 2.75) is 33.1 Å². The van der Waals surface area contributed by atoms with Crippen LogP contribution in [-0.2, 0) is 6.42 Å². The van der Waals surface area contributed by atoms with Crippen molar-refractivity contribution >= 4 is 11.7 Å². The van der Waals surface area contributed by atoms with Crippen LogP contribution in [0.2, 0.25) is 0 Å². The second-order valence-corrected chi connectivity index (χ2v) is 7.82. The van der Waals surface area contributed by atoms with Crippen molar-refractivity contribution in [3.63, 3.8) is 0 Å². The molecular weight excluding hydrogens is 354 g/mol. The lowest BCUT2D eigenvalue weighted by Gasteiger charge is -2.44. The van der Waals surface area contributed by atoms with Gasteiger partial charge in [-0.05, 0) is 36.3 Å². The van der Waals surface area contributed by atoms with Crippen LogP contribution in [0.1, 0.15) is 53.2 Å². The van der Waals surface area contributed by atoms with Crippen molar-refractivity contribution in [3.05, 3.63) is 59.7 Å². The fourth-order valence-corrected chi connectivity index (χ4v) is 3.87. The van der Waals surface area contributed by atoms with Gasteiger partial charge in [-0.1, -0.05) is 32.0 Å². The Morgan fingerprint density at radius 1 is 1.07 bits per heavy atom. The number of carbonyl (C=O) groups is 2. The molecule has 1 amide bonds. The van der Waals surface area contributed by atoms with E-state index in [1.807, 2.05) is 35.2 Å². The number of aliphatic hydroxyl groups is 1. The molecule has 1 aromatic heterocycles. The minimum atomic E-state index is -0.538. The highest BCUT2D eigenvalue weighted by Crippen LogP contribution is 2.41. The van der Waals surface area contributed by atoms with Crippen LogP contribution < -0.4 is 0 Å². The zero-order valence-electron chi connectivity index (χ0n) is 16.5. The van der Waals surface area contributed by atoms with E-state index in [1.165, 1.54) is 12.4 Å². The molecule has 0 saturated carbocycles. The number of carbonyl (C=O) groups excluding carboxylic acids is 2. The summed E-state index contributed by atoms with van der Waals surface area (Å²) in [6.45, 7) is 5.31. The summed E-state index contributed by atoms with van der Waals surface area (Å²) in [4.78, 5) is 34.9. The molecule has 3 rings (SSSR count). The highest BCUT2D eigenvalue weighted by Gasteiger charge is 2.39. The number of amides is 1. The van der Waals surface area contributed by atoms with Gasteiger partial charge in [-0.2, -0.15) is 0 Å². The van der Waals surface area contributed by atoms with Crippen LogP contribution in [-0.4, -0.2) is 51.4 Å². The number of aromatic nitrogens is 2. The van der Waals surface area contributed by atoms with Crippen LogP contribution >= 0.6 is 0 Å². The first-order chi connectivity index (χ1) is 13.4. The summed E-state index contributed by atoms with van der Waals surface area (Å²) < 4.78 is 0. The van der Waals surface area contributed by atoms with Crippen LogP contribution in [0, 0.1) is 11.3 Å². The van der Waals surface area contributed by atoms with Gasteiger partial charge in [0, 0.05) is 37.5 Å². The van der Waals surface area contributed by atoms with E-state index >= 15 is 0 Å². The monoisotopic (exact) mass is 381 g/mol. The molecule has 0 unspecified atom stereocenters. The first-order valence-electron chi connectivity index (χ1n) is 9.74. The second kappa shape index (κ2) is 8.61. The maximum Gasteiger partial charge on any atom is 0.253 e. The van der Waals surface area contributed by atoms with Crippen molar-refractivity contribution in [1.29, 1.82) is 0 Å². The second-order valence-electron chi connectivity index (χ2n) is 7.82. The van der Waals surface area contributed by atoms with Crippen LogP contribution in [0.25, 0.3) is 0 Å². The minimum absolute atomic E-state index is 0.0238. The molecule has 0 spiro atoms. The lowest BCUT2D eigenvalue weighted by atomic mass is 9.67. The van der Waals surface area contributed by atoms with Gasteiger partial charge in [0.05, 0.1) is 5.56 Å². The predicted octanol–water partition coefficient (Wildman–Crippen LogP) is 2.77. The Kier molecular flexibility index (Phi) is 6.19. The molecule has 1 saturated heterocycles. The van der Waals surface area contributed by atoms with Gasteiger partial charge in [0.2, 0.25) is 0 Å². The molecule has 1 fully saturated rings. The quantitative estimate of drug-likeness (QED) is 0.778. The van der Waals surface area contributed by atoms with Gasteiger partial charge in [0.25, 0.3) is 5.91 Å². The molecular formula is C22H27N3O3. The molecule has 2 aromatic rings. The van der Waals surface area contributed by atoms with E-state index in [9.17, 15) is 9.59 Å². The maximum atomic E-state index is 12.7. The van der Waals surface area contributed by atoms with Gasteiger partial charge in [-0.25, -0.2) is 9.97 Å². The van der Waals surface area contributed by atoms with E-state index in [-0.39, 0.29) is 17.1 Å². The largest absolute Gasteiger partial charge is 0.388 e. The van der Waals surface area contributed by atoms with Crippen LogP contribution in [0.15, 0.2) is 42.7 Å². The number of ketones is 1. The van der Waals surface area contributed by atoms with Gasteiger partial charge < -0.3 is 10.0 Å². The molecule has 1 aliphatic rings. The standard InChI is InChI=1S/C22H27N3O3/c1-16(2)22(12-20-23-13-18(14-24-20)19(27)15-26)8-10-25(11-9-22)21(28)17-6-4-3-5-7-17/h3-7,13-14,16,26H,8-12,15H2,1-2H3. The van der Waals surface area contributed by atoms with Gasteiger partial charge in [-0.15, -0.1) is 0 Å². The highest BCUT2D eigenvalue weighted by atomic mass is 16.3. The number of rotatable bonds is 6. The van der Waals surface area contributed by atoms with Crippen molar-refractivity contribution in [2.75, 3.05) is 19.7 Å². The number of hydrogen-bond donors (Lipinski definition) is 1. The molecule has 1 aliphatic heterocycles. The number of likely N-dealkylation sites (tertiary alicyclic amines) is 1. The van der Waals surface area contributed by atoms with Crippen molar-refractivity contribution in [1.82, 2.24) is 14.9 Å². The maximum absolute atomic E-state index is 12.7. The number of benzene rings is 1. The Bertz CT molecular complexity index is 811. The third kappa shape index (κ3) is 4.28. The van der Waals surface area contributed by atoms with Gasteiger partial charge in [0.1, 0.15) is 12.4 Å². The summed E-state index contributed by atoms with van der Waals surface area (Å²) in [5, 5.41) is 8.95. The van der Waals surface area contributed by atoms with E-state index in [0.717, 1.165) is 18.4 Å². The lowest BCUT2D eigenvalue weighted by molar-refractivity contribution is 0.0433. The van der Waals surface area contributed by atoms with Crippen LogP contribution in [0.3, 0.4) is 0 Å². The average Bonchev–Trinajstić information content (AvgIpc) is 2.74. The van der Waals surface area contributed by atoms with E-state index in [0.29, 0.717) is 36.8 Å². The molecule has 1 aromatic carbocycles. The fraction of sp³-hybridized carbons (Fsp3) is 0.455. The summed E-state index contributed by atoms with van der Waals surface area (Å²) in [7, 11) is 0. The number of piperidine rings is 1. The van der Waals surface area contributed by atoms with E-state index in [4.69, 9.17) is 5.11 Å². The number of aliphatic hydroxyl groups excluding tert-OH is 1. The summed E-state index contributed by atoms with van der Waals surface area (Å²) in [6.07, 6.45) is 5.48. The molecule has 0 radical (unpaired) electrons.